The summed E-state index contributed by atoms with van der Waals surface area (Å²) in [7, 11) is 0. The van der Waals surface area contributed by atoms with Gasteiger partial charge in [0, 0.05) is 29.7 Å². The van der Waals surface area contributed by atoms with E-state index in [1.54, 1.807) is 6.07 Å². The van der Waals surface area contributed by atoms with Crippen LogP contribution in [0.4, 0.5) is 4.39 Å². The lowest BCUT2D eigenvalue weighted by Gasteiger charge is -2.08. The van der Waals surface area contributed by atoms with Crippen LogP contribution >= 0.6 is 27.5 Å². The predicted molar refractivity (Wildman–Crippen MR) is 88.0 cm³/mol. The number of rotatable bonds is 3. The number of aromatic nitrogens is 1. The molecule has 0 saturated carbocycles. The molecule has 0 bridgehead atoms. The molecule has 0 radical (unpaired) electrons. The molecule has 0 fully saturated rings. The molecule has 2 nitrogen and oxygen atoms in total. The standard InChI is InChI=1S/C16H13BrClFN2/c17-16-10(2-1-3-14(16)19)8-21-9-11(7-20)13-5-4-12(18)6-15(13)21/h1-6,9H,7-8,20H2. The van der Waals surface area contributed by atoms with E-state index in [-0.39, 0.29) is 5.82 Å². The molecule has 5 heteroatoms. The van der Waals surface area contributed by atoms with Crippen molar-refractivity contribution in [2.24, 2.45) is 5.73 Å². The molecule has 0 atom stereocenters. The van der Waals surface area contributed by atoms with Crippen LogP contribution in [0.1, 0.15) is 11.1 Å². The molecule has 3 rings (SSSR count). The van der Waals surface area contributed by atoms with Gasteiger partial charge in [0.25, 0.3) is 0 Å². The van der Waals surface area contributed by atoms with E-state index in [0.29, 0.717) is 22.6 Å². The molecule has 1 aromatic heterocycles. The lowest BCUT2D eigenvalue weighted by atomic mass is 10.2. The van der Waals surface area contributed by atoms with Crippen molar-refractivity contribution in [3.05, 3.63) is 69.0 Å². The van der Waals surface area contributed by atoms with Crippen molar-refractivity contribution < 1.29 is 4.39 Å². The Kier molecular flexibility index (Phi) is 4.02. The fourth-order valence-corrected chi connectivity index (χ4v) is 3.04. The molecule has 2 N–H and O–H groups in total. The summed E-state index contributed by atoms with van der Waals surface area (Å²) in [6.45, 7) is 1.00. The van der Waals surface area contributed by atoms with E-state index >= 15 is 0 Å². The maximum atomic E-state index is 13.6. The Balaban J connectivity index is 2.12. The number of halogens is 3. The topological polar surface area (TPSA) is 30.9 Å². The van der Waals surface area contributed by atoms with Crippen molar-refractivity contribution in [1.29, 1.82) is 0 Å². The van der Waals surface area contributed by atoms with Crippen LogP contribution in [0.25, 0.3) is 10.9 Å². The lowest BCUT2D eigenvalue weighted by molar-refractivity contribution is 0.616. The minimum Gasteiger partial charge on any atom is -0.343 e. The van der Waals surface area contributed by atoms with Crippen LogP contribution in [-0.2, 0) is 13.1 Å². The highest BCUT2D eigenvalue weighted by Gasteiger charge is 2.11. The van der Waals surface area contributed by atoms with Gasteiger partial charge in [-0.25, -0.2) is 4.39 Å². The summed E-state index contributed by atoms with van der Waals surface area (Å²) >= 11 is 9.39. The zero-order valence-corrected chi connectivity index (χ0v) is 13.5. The molecule has 0 aliphatic heterocycles. The Morgan fingerprint density at radius 2 is 2.00 bits per heavy atom. The van der Waals surface area contributed by atoms with E-state index in [1.807, 2.05) is 35.0 Å². The molecule has 21 heavy (non-hydrogen) atoms. The van der Waals surface area contributed by atoms with Gasteiger partial charge >= 0.3 is 0 Å². The van der Waals surface area contributed by atoms with Crippen molar-refractivity contribution in [2.45, 2.75) is 13.1 Å². The van der Waals surface area contributed by atoms with Gasteiger partial charge in [-0.1, -0.05) is 29.8 Å². The molecule has 0 spiro atoms. The third-order valence-corrected chi connectivity index (χ3v) is 4.64. The first-order valence-corrected chi connectivity index (χ1v) is 7.67. The average Bonchev–Trinajstić information content (AvgIpc) is 2.81. The van der Waals surface area contributed by atoms with E-state index in [4.69, 9.17) is 17.3 Å². The summed E-state index contributed by atoms with van der Waals surface area (Å²) < 4.78 is 16.2. The van der Waals surface area contributed by atoms with Crippen molar-refractivity contribution in [3.63, 3.8) is 0 Å². The van der Waals surface area contributed by atoms with E-state index in [0.717, 1.165) is 22.0 Å². The number of nitrogens with two attached hydrogens (primary N) is 1. The van der Waals surface area contributed by atoms with Crippen LogP contribution in [-0.4, -0.2) is 4.57 Å². The van der Waals surface area contributed by atoms with Crippen molar-refractivity contribution in [1.82, 2.24) is 4.57 Å². The number of fused-ring (bicyclic) bond motifs is 1. The van der Waals surface area contributed by atoms with Crippen LogP contribution in [0, 0.1) is 5.82 Å². The third-order valence-electron chi connectivity index (χ3n) is 3.52. The Hall–Kier alpha value is -1.36. The first-order valence-electron chi connectivity index (χ1n) is 6.50. The fourth-order valence-electron chi connectivity index (χ4n) is 2.49. The second-order valence-corrected chi connectivity index (χ2v) is 6.09. The molecular formula is C16H13BrClFN2. The lowest BCUT2D eigenvalue weighted by Crippen LogP contribution is -2.00. The highest BCUT2D eigenvalue weighted by atomic mass is 79.9. The first-order chi connectivity index (χ1) is 10.1. The second kappa shape index (κ2) is 5.79. The van der Waals surface area contributed by atoms with Gasteiger partial charge in [-0.15, -0.1) is 0 Å². The molecule has 0 aliphatic rings. The fraction of sp³-hybridized carbons (Fsp3) is 0.125. The van der Waals surface area contributed by atoms with Gasteiger partial charge in [-0.2, -0.15) is 0 Å². The van der Waals surface area contributed by atoms with Gasteiger partial charge in [-0.3, -0.25) is 0 Å². The molecule has 0 aliphatic carbocycles. The highest BCUT2D eigenvalue weighted by Crippen LogP contribution is 2.27. The van der Waals surface area contributed by atoms with Crippen LogP contribution in [0.5, 0.6) is 0 Å². The van der Waals surface area contributed by atoms with Gasteiger partial charge < -0.3 is 10.3 Å². The zero-order chi connectivity index (χ0) is 15.0. The maximum absolute atomic E-state index is 13.6. The van der Waals surface area contributed by atoms with Crippen molar-refractivity contribution >= 4 is 38.4 Å². The number of hydrogen-bond acceptors (Lipinski definition) is 1. The Morgan fingerprint density at radius 3 is 2.76 bits per heavy atom. The Labute approximate surface area is 135 Å². The predicted octanol–water partition coefficient (Wildman–Crippen LogP) is 4.70. The van der Waals surface area contributed by atoms with Gasteiger partial charge in [0.1, 0.15) is 5.82 Å². The number of nitrogens with zero attached hydrogens (tertiary/aromatic N) is 1. The smallest absolute Gasteiger partial charge is 0.137 e. The maximum Gasteiger partial charge on any atom is 0.137 e. The minimum atomic E-state index is -0.263. The second-order valence-electron chi connectivity index (χ2n) is 4.86. The van der Waals surface area contributed by atoms with Crippen LogP contribution < -0.4 is 5.73 Å². The minimum absolute atomic E-state index is 0.263. The van der Waals surface area contributed by atoms with Gasteiger partial charge in [-0.05, 0) is 45.3 Å². The summed E-state index contributed by atoms with van der Waals surface area (Å²) in [4.78, 5) is 0. The Bertz CT molecular complexity index is 813. The van der Waals surface area contributed by atoms with E-state index < -0.39 is 0 Å². The highest BCUT2D eigenvalue weighted by molar-refractivity contribution is 9.10. The zero-order valence-electron chi connectivity index (χ0n) is 11.1. The normalized spacial score (nSPS) is 11.2. The third kappa shape index (κ3) is 2.71. The summed E-state index contributed by atoms with van der Waals surface area (Å²) in [6, 6.07) is 10.8. The first kappa shape index (κ1) is 14.6. The van der Waals surface area contributed by atoms with Crippen molar-refractivity contribution in [3.8, 4) is 0 Å². The molecule has 0 unspecified atom stereocenters. The average molecular weight is 368 g/mol. The molecule has 0 saturated heterocycles. The van der Waals surface area contributed by atoms with Gasteiger partial charge in [0.05, 0.1) is 9.99 Å². The monoisotopic (exact) mass is 366 g/mol. The summed E-state index contributed by atoms with van der Waals surface area (Å²) in [6.07, 6.45) is 2.00. The van der Waals surface area contributed by atoms with Crippen molar-refractivity contribution in [2.75, 3.05) is 0 Å². The number of hydrogen-bond donors (Lipinski definition) is 1. The molecule has 108 valence electrons. The van der Waals surface area contributed by atoms with Crippen LogP contribution in [0.15, 0.2) is 47.1 Å². The molecule has 2 aromatic carbocycles. The quantitative estimate of drug-likeness (QED) is 0.714. The van der Waals surface area contributed by atoms with Gasteiger partial charge in [0.15, 0.2) is 0 Å². The summed E-state index contributed by atoms with van der Waals surface area (Å²) in [5.41, 5.74) is 8.72. The molecule has 0 amide bonds. The largest absolute Gasteiger partial charge is 0.343 e. The van der Waals surface area contributed by atoms with Crippen LogP contribution in [0.3, 0.4) is 0 Å². The SMILES string of the molecule is NCc1cn(Cc2cccc(F)c2Br)c2cc(Cl)ccc12. The van der Waals surface area contributed by atoms with E-state index in [1.165, 1.54) is 6.07 Å². The Morgan fingerprint density at radius 1 is 1.19 bits per heavy atom. The molecular weight excluding hydrogens is 355 g/mol. The number of benzene rings is 2. The van der Waals surface area contributed by atoms with E-state index in [9.17, 15) is 4.39 Å². The van der Waals surface area contributed by atoms with Crippen LogP contribution in [0.2, 0.25) is 5.02 Å². The molecule has 1 heterocycles. The van der Waals surface area contributed by atoms with E-state index in [2.05, 4.69) is 15.9 Å². The molecule has 3 aromatic rings. The van der Waals surface area contributed by atoms with Gasteiger partial charge in [0.2, 0.25) is 0 Å². The summed E-state index contributed by atoms with van der Waals surface area (Å²) in [5.74, 6) is -0.263. The summed E-state index contributed by atoms with van der Waals surface area (Å²) in [5, 5.41) is 1.75.